The highest BCUT2D eigenvalue weighted by atomic mass is 16.3. The van der Waals surface area contributed by atoms with Crippen molar-refractivity contribution in [2.75, 3.05) is 6.61 Å². The lowest BCUT2D eigenvalue weighted by Gasteiger charge is -2.22. The number of aliphatic hydroxyl groups excluding tert-OH is 1. The van der Waals surface area contributed by atoms with Crippen molar-refractivity contribution in [3.05, 3.63) is 18.5 Å². The number of amides is 1. The predicted octanol–water partition coefficient (Wildman–Crippen LogP) is 0.577. The van der Waals surface area contributed by atoms with Gasteiger partial charge in [0.1, 0.15) is 6.04 Å². The third-order valence-corrected chi connectivity index (χ3v) is 2.63. The Morgan fingerprint density at radius 1 is 1.50 bits per heavy atom. The van der Waals surface area contributed by atoms with Gasteiger partial charge in [-0.2, -0.15) is 5.10 Å². The van der Waals surface area contributed by atoms with Crippen LogP contribution >= 0.6 is 0 Å². The van der Waals surface area contributed by atoms with E-state index in [2.05, 4.69) is 10.4 Å². The molecular formula is C11H19N3O2. The second-order valence-corrected chi connectivity index (χ2v) is 4.20. The molecule has 2 atom stereocenters. The molecule has 5 nitrogen and oxygen atoms in total. The molecular weight excluding hydrogens is 206 g/mol. The van der Waals surface area contributed by atoms with Crippen LogP contribution < -0.4 is 5.32 Å². The van der Waals surface area contributed by atoms with Crippen LogP contribution in [0.15, 0.2) is 18.5 Å². The quantitative estimate of drug-likeness (QED) is 0.770. The van der Waals surface area contributed by atoms with E-state index in [-0.39, 0.29) is 30.5 Å². The number of aromatic nitrogens is 2. The summed E-state index contributed by atoms with van der Waals surface area (Å²) in [5, 5.41) is 15.9. The first-order valence-corrected chi connectivity index (χ1v) is 5.46. The van der Waals surface area contributed by atoms with E-state index in [0.717, 1.165) is 0 Å². The van der Waals surface area contributed by atoms with E-state index in [1.807, 2.05) is 13.8 Å². The van der Waals surface area contributed by atoms with Gasteiger partial charge in [0.25, 0.3) is 0 Å². The van der Waals surface area contributed by atoms with Gasteiger partial charge in [0.2, 0.25) is 5.91 Å². The van der Waals surface area contributed by atoms with E-state index in [1.54, 1.807) is 30.1 Å². The molecule has 0 aliphatic rings. The minimum absolute atomic E-state index is 0.0464. The van der Waals surface area contributed by atoms with Gasteiger partial charge in [-0.3, -0.25) is 9.48 Å². The van der Waals surface area contributed by atoms with Crippen molar-refractivity contribution in [2.45, 2.75) is 32.9 Å². The van der Waals surface area contributed by atoms with E-state index >= 15 is 0 Å². The lowest BCUT2D eigenvalue weighted by molar-refractivity contribution is -0.125. The van der Waals surface area contributed by atoms with E-state index in [1.165, 1.54) is 0 Å². The van der Waals surface area contributed by atoms with Crippen molar-refractivity contribution in [3.63, 3.8) is 0 Å². The van der Waals surface area contributed by atoms with Crippen molar-refractivity contribution < 1.29 is 9.90 Å². The first-order valence-electron chi connectivity index (χ1n) is 5.46. The van der Waals surface area contributed by atoms with Gasteiger partial charge in [-0.1, -0.05) is 13.8 Å². The summed E-state index contributed by atoms with van der Waals surface area (Å²) in [5.74, 6) is 0.0789. The number of carbonyl (C=O) groups is 1. The molecule has 0 fully saturated rings. The van der Waals surface area contributed by atoms with Crippen molar-refractivity contribution in [1.82, 2.24) is 15.1 Å². The third kappa shape index (κ3) is 3.06. The van der Waals surface area contributed by atoms with E-state index in [0.29, 0.717) is 0 Å². The Bertz CT molecular complexity index is 322. The topological polar surface area (TPSA) is 67.2 Å². The van der Waals surface area contributed by atoms with Gasteiger partial charge in [0, 0.05) is 12.4 Å². The van der Waals surface area contributed by atoms with Crippen molar-refractivity contribution in [3.8, 4) is 0 Å². The highest BCUT2D eigenvalue weighted by Crippen LogP contribution is 2.06. The zero-order chi connectivity index (χ0) is 12.1. The molecule has 0 saturated carbocycles. The molecule has 90 valence electrons. The van der Waals surface area contributed by atoms with Gasteiger partial charge < -0.3 is 10.4 Å². The molecule has 0 aliphatic heterocycles. The summed E-state index contributed by atoms with van der Waals surface area (Å²) in [5.41, 5.74) is 0. The minimum Gasteiger partial charge on any atom is -0.394 e. The zero-order valence-electron chi connectivity index (χ0n) is 9.92. The Kier molecular flexibility index (Phi) is 4.49. The molecule has 1 heterocycles. The Morgan fingerprint density at radius 3 is 2.62 bits per heavy atom. The molecule has 1 rings (SSSR count). The SMILES string of the molecule is CC(C)[C@@H](CO)NC(=O)C(C)n1cccn1. The molecule has 0 aromatic carbocycles. The van der Waals surface area contributed by atoms with Crippen LogP contribution in [0.2, 0.25) is 0 Å². The van der Waals surface area contributed by atoms with E-state index in [9.17, 15) is 4.79 Å². The fourth-order valence-electron chi connectivity index (χ4n) is 1.36. The maximum absolute atomic E-state index is 11.8. The number of nitrogens with zero attached hydrogens (tertiary/aromatic N) is 2. The molecule has 0 saturated heterocycles. The fourth-order valence-corrected chi connectivity index (χ4v) is 1.36. The highest BCUT2D eigenvalue weighted by Gasteiger charge is 2.20. The maximum Gasteiger partial charge on any atom is 0.244 e. The van der Waals surface area contributed by atoms with Gasteiger partial charge in [-0.25, -0.2) is 0 Å². The number of hydrogen-bond donors (Lipinski definition) is 2. The average molecular weight is 225 g/mol. The van der Waals surface area contributed by atoms with Crippen LogP contribution in [0.4, 0.5) is 0 Å². The summed E-state index contributed by atoms with van der Waals surface area (Å²) < 4.78 is 1.59. The van der Waals surface area contributed by atoms with Gasteiger partial charge in [-0.05, 0) is 18.9 Å². The molecule has 0 aliphatic carbocycles. The number of carbonyl (C=O) groups excluding carboxylic acids is 1. The number of hydrogen-bond acceptors (Lipinski definition) is 3. The van der Waals surface area contributed by atoms with Crippen LogP contribution in [0, 0.1) is 5.92 Å². The van der Waals surface area contributed by atoms with Gasteiger partial charge >= 0.3 is 0 Å². The fraction of sp³-hybridized carbons (Fsp3) is 0.636. The second-order valence-electron chi connectivity index (χ2n) is 4.20. The summed E-state index contributed by atoms with van der Waals surface area (Å²) in [7, 11) is 0. The van der Waals surface area contributed by atoms with Crippen molar-refractivity contribution in [2.24, 2.45) is 5.92 Å². The lowest BCUT2D eigenvalue weighted by atomic mass is 10.1. The van der Waals surface area contributed by atoms with E-state index < -0.39 is 0 Å². The lowest BCUT2D eigenvalue weighted by Crippen LogP contribution is -2.44. The molecule has 2 N–H and O–H groups in total. The molecule has 0 radical (unpaired) electrons. The molecule has 16 heavy (non-hydrogen) atoms. The minimum atomic E-state index is -0.359. The highest BCUT2D eigenvalue weighted by molar-refractivity contribution is 5.80. The van der Waals surface area contributed by atoms with Crippen LogP contribution in [0.1, 0.15) is 26.8 Å². The normalized spacial score (nSPS) is 14.8. The summed E-state index contributed by atoms with van der Waals surface area (Å²) in [6.45, 7) is 5.64. The first-order chi connectivity index (χ1) is 7.56. The summed E-state index contributed by atoms with van der Waals surface area (Å²) >= 11 is 0. The summed E-state index contributed by atoms with van der Waals surface area (Å²) in [6.07, 6.45) is 3.38. The summed E-state index contributed by atoms with van der Waals surface area (Å²) in [6, 6.07) is 1.21. The van der Waals surface area contributed by atoms with Crippen LogP contribution in [0.25, 0.3) is 0 Å². The molecule has 0 spiro atoms. The smallest absolute Gasteiger partial charge is 0.244 e. The monoisotopic (exact) mass is 225 g/mol. The number of nitrogens with one attached hydrogen (secondary N) is 1. The van der Waals surface area contributed by atoms with Crippen LogP contribution in [-0.4, -0.2) is 33.4 Å². The molecule has 1 aromatic heterocycles. The molecule has 1 aromatic rings. The Hall–Kier alpha value is -1.36. The van der Waals surface area contributed by atoms with Crippen LogP contribution in [0.5, 0.6) is 0 Å². The molecule has 0 bridgehead atoms. The number of rotatable bonds is 5. The summed E-state index contributed by atoms with van der Waals surface area (Å²) in [4.78, 5) is 11.8. The van der Waals surface area contributed by atoms with Gasteiger partial charge in [0.15, 0.2) is 0 Å². The second kappa shape index (κ2) is 5.65. The predicted molar refractivity (Wildman–Crippen MR) is 60.8 cm³/mol. The molecule has 1 unspecified atom stereocenters. The van der Waals surface area contributed by atoms with Crippen molar-refractivity contribution >= 4 is 5.91 Å². The van der Waals surface area contributed by atoms with E-state index in [4.69, 9.17) is 5.11 Å². The van der Waals surface area contributed by atoms with Crippen molar-refractivity contribution in [1.29, 1.82) is 0 Å². The van der Waals surface area contributed by atoms with Crippen LogP contribution in [0.3, 0.4) is 0 Å². The molecule has 1 amide bonds. The number of aliphatic hydroxyl groups is 1. The standard InChI is InChI=1S/C11H19N3O2/c1-8(2)10(7-15)13-11(16)9(3)14-6-4-5-12-14/h4-6,8-10,15H,7H2,1-3H3,(H,13,16)/t9?,10-/m1/s1. The Balaban J connectivity index is 2.58. The zero-order valence-corrected chi connectivity index (χ0v) is 9.92. The average Bonchev–Trinajstić information content (AvgIpc) is 2.77. The third-order valence-electron chi connectivity index (χ3n) is 2.63. The maximum atomic E-state index is 11.8. The Morgan fingerprint density at radius 2 is 2.19 bits per heavy atom. The molecule has 5 heteroatoms. The van der Waals surface area contributed by atoms with Gasteiger partial charge in [-0.15, -0.1) is 0 Å². The Labute approximate surface area is 95.5 Å². The largest absolute Gasteiger partial charge is 0.394 e. The first kappa shape index (κ1) is 12.7. The van der Waals surface area contributed by atoms with Crippen LogP contribution in [-0.2, 0) is 4.79 Å². The van der Waals surface area contributed by atoms with Gasteiger partial charge in [0.05, 0.1) is 12.6 Å².